The van der Waals surface area contributed by atoms with Crippen LogP contribution in [-0.2, 0) is 18.0 Å². The highest BCUT2D eigenvalue weighted by atomic mass is 16.5. The van der Waals surface area contributed by atoms with Gasteiger partial charge in [0.25, 0.3) is 0 Å². The van der Waals surface area contributed by atoms with E-state index in [1.807, 2.05) is 68.4 Å². The number of hydrogen-bond donors (Lipinski definition) is 0. The molecule has 0 aliphatic rings. The molecule has 0 bridgehead atoms. The van der Waals surface area contributed by atoms with Crippen molar-refractivity contribution in [2.24, 2.45) is 0 Å². The van der Waals surface area contributed by atoms with Crippen LogP contribution in [0.5, 0.6) is 5.75 Å². The second kappa shape index (κ2) is 8.88. The highest BCUT2D eigenvalue weighted by Crippen LogP contribution is 2.22. The molecule has 0 radical (unpaired) electrons. The highest BCUT2D eigenvalue weighted by molar-refractivity contribution is 5.89. The molecule has 5 heteroatoms. The molecule has 5 nitrogen and oxygen atoms in total. The second-order valence-electron chi connectivity index (χ2n) is 7.40. The Morgan fingerprint density at radius 1 is 0.871 bits per heavy atom. The molecule has 0 aliphatic heterocycles. The summed E-state index contributed by atoms with van der Waals surface area (Å²) in [5.74, 6) is 0.330. The van der Waals surface area contributed by atoms with Crippen molar-refractivity contribution in [1.29, 1.82) is 0 Å². The number of esters is 1. The van der Waals surface area contributed by atoms with Crippen LogP contribution >= 0.6 is 0 Å². The van der Waals surface area contributed by atoms with Gasteiger partial charge in [0.15, 0.2) is 0 Å². The summed E-state index contributed by atoms with van der Waals surface area (Å²) in [7, 11) is 0. The van der Waals surface area contributed by atoms with Crippen LogP contribution < -0.4 is 10.4 Å². The van der Waals surface area contributed by atoms with E-state index in [9.17, 15) is 9.59 Å². The lowest BCUT2D eigenvalue weighted by atomic mass is 10.0. The molecule has 0 amide bonds. The lowest BCUT2D eigenvalue weighted by molar-refractivity contribution is 0.0473. The summed E-state index contributed by atoms with van der Waals surface area (Å²) in [6.45, 7) is 4.33. The zero-order valence-electron chi connectivity index (χ0n) is 17.4. The Morgan fingerprint density at radius 3 is 2.32 bits per heavy atom. The van der Waals surface area contributed by atoms with Crippen LogP contribution in [0.4, 0.5) is 0 Å². The Bertz CT molecular complexity index is 1270. The number of carbonyl (C=O) groups is 1. The maximum Gasteiger partial charge on any atom is 0.338 e. The van der Waals surface area contributed by atoms with E-state index in [1.165, 1.54) is 6.07 Å². The zero-order valence-corrected chi connectivity index (χ0v) is 17.4. The first-order valence-electron chi connectivity index (χ1n) is 9.97. The third-order valence-corrected chi connectivity index (χ3v) is 5.14. The molecule has 4 rings (SSSR count). The quantitative estimate of drug-likeness (QED) is 0.314. The van der Waals surface area contributed by atoms with Crippen LogP contribution in [0, 0.1) is 13.8 Å². The molecule has 0 N–H and O–H groups in total. The van der Waals surface area contributed by atoms with E-state index in [0.29, 0.717) is 23.3 Å². The number of fused-ring (bicyclic) bond motifs is 1. The summed E-state index contributed by atoms with van der Waals surface area (Å²) in [6, 6.07) is 21.8. The minimum Gasteiger partial charge on any atom is -0.489 e. The molecular formula is C26H22O5. The highest BCUT2D eigenvalue weighted by Gasteiger charge is 2.12. The first-order valence-corrected chi connectivity index (χ1v) is 9.97. The summed E-state index contributed by atoms with van der Waals surface area (Å²) < 4.78 is 16.5. The molecule has 0 spiro atoms. The lowest BCUT2D eigenvalue weighted by Gasteiger charge is -2.10. The molecule has 31 heavy (non-hydrogen) atoms. The van der Waals surface area contributed by atoms with Crippen molar-refractivity contribution in [2.45, 2.75) is 27.1 Å². The number of ether oxygens (including phenoxy) is 2. The molecule has 0 unspecified atom stereocenters. The Morgan fingerprint density at radius 2 is 1.58 bits per heavy atom. The Balaban J connectivity index is 1.43. The van der Waals surface area contributed by atoms with Gasteiger partial charge in [-0.05, 0) is 66.9 Å². The molecule has 1 heterocycles. The van der Waals surface area contributed by atoms with Crippen molar-refractivity contribution in [1.82, 2.24) is 0 Å². The molecular weight excluding hydrogens is 392 g/mol. The van der Waals surface area contributed by atoms with Crippen LogP contribution in [0.25, 0.3) is 11.0 Å². The maximum atomic E-state index is 12.5. The van der Waals surface area contributed by atoms with Crippen LogP contribution in [0.2, 0.25) is 0 Å². The molecule has 156 valence electrons. The number of para-hydroxylation sites is 1. The fourth-order valence-electron chi connectivity index (χ4n) is 3.25. The van der Waals surface area contributed by atoms with Crippen molar-refractivity contribution in [3.05, 3.63) is 111 Å². The zero-order chi connectivity index (χ0) is 21.8. The third kappa shape index (κ3) is 4.83. The van der Waals surface area contributed by atoms with Crippen molar-refractivity contribution in [3.8, 4) is 5.75 Å². The fourth-order valence-corrected chi connectivity index (χ4v) is 3.25. The van der Waals surface area contributed by atoms with E-state index in [-0.39, 0.29) is 6.61 Å². The summed E-state index contributed by atoms with van der Waals surface area (Å²) in [5.41, 5.74) is 4.12. The van der Waals surface area contributed by atoms with Crippen LogP contribution in [0.1, 0.15) is 32.6 Å². The lowest BCUT2D eigenvalue weighted by Crippen LogP contribution is -2.08. The number of aryl methyl sites for hydroxylation is 2. The van der Waals surface area contributed by atoms with E-state index in [0.717, 1.165) is 27.8 Å². The molecule has 0 saturated heterocycles. The Hall–Kier alpha value is -3.86. The van der Waals surface area contributed by atoms with Gasteiger partial charge in [0.1, 0.15) is 24.5 Å². The van der Waals surface area contributed by atoms with Gasteiger partial charge in [-0.15, -0.1) is 0 Å². The monoisotopic (exact) mass is 414 g/mol. The predicted molar refractivity (Wildman–Crippen MR) is 118 cm³/mol. The molecule has 3 aromatic carbocycles. The van der Waals surface area contributed by atoms with E-state index < -0.39 is 11.6 Å². The molecule has 0 fully saturated rings. The summed E-state index contributed by atoms with van der Waals surface area (Å²) in [5, 5.41) is 0.768. The molecule has 0 aliphatic carbocycles. The Kier molecular flexibility index (Phi) is 5.85. The fraction of sp³-hybridized carbons (Fsp3) is 0.154. The van der Waals surface area contributed by atoms with Gasteiger partial charge in [0.05, 0.1) is 5.56 Å². The first-order chi connectivity index (χ1) is 15.0. The van der Waals surface area contributed by atoms with Gasteiger partial charge in [-0.25, -0.2) is 9.59 Å². The normalized spacial score (nSPS) is 10.8. The van der Waals surface area contributed by atoms with E-state index in [4.69, 9.17) is 13.9 Å². The van der Waals surface area contributed by atoms with E-state index in [2.05, 4.69) is 0 Å². The van der Waals surface area contributed by atoms with Crippen LogP contribution in [0.15, 0.2) is 82.0 Å². The van der Waals surface area contributed by atoms with E-state index >= 15 is 0 Å². The summed E-state index contributed by atoms with van der Waals surface area (Å²) >= 11 is 0. The first kappa shape index (κ1) is 20.4. The standard InChI is InChI=1S/C26H22O5/c1-17-12-23-21(14-25(27)31-24(23)13-18(17)2)16-30-26(28)20-10-8-19(9-11-20)15-29-22-6-4-3-5-7-22/h3-14H,15-16H2,1-2H3. The summed E-state index contributed by atoms with van der Waals surface area (Å²) in [4.78, 5) is 24.4. The van der Waals surface area contributed by atoms with Crippen molar-refractivity contribution in [2.75, 3.05) is 0 Å². The predicted octanol–water partition coefficient (Wildman–Crippen LogP) is 5.35. The Labute approximate surface area is 179 Å². The number of rotatable bonds is 6. The maximum absolute atomic E-state index is 12.5. The molecule has 1 aromatic heterocycles. The van der Waals surface area contributed by atoms with Crippen molar-refractivity contribution < 1.29 is 18.7 Å². The summed E-state index contributed by atoms with van der Waals surface area (Å²) in [6.07, 6.45) is 0. The number of carbonyl (C=O) groups excluding carboxylic acids is 1. The second-order valence-corrected chi connectivity index (χ2v) is 7.40. The average Bonchev–Trinajstić information content (AvgIpc) is 2.78. The largest absolute Gasteiger partial charge is 0.489 e. The van der Waals surface area contributed by atoms with Gasteiger partial charge in [0.2, 0.25) is 0 Å². The van der Waals surface area contributed by atoms with Gasteiger partial charge in [-0.1, -0.05) is 30.3 Å². The van der Waals surface area contributed by atoms with Gasteiger partial charge in [-0.3, -0.25) is 0 Å². The number of hydrogen-bond acceptors (Lipinski definition) is 5. The van der Waals surface area contributed by atoms with E-state index in [1.54, 1.807) is 12.1 Å². The third-order valence-electron chi connectivity index (χ3n) is 5.14. The minimum absolute atomic E-state index is 0.0116. The molecule has 4 aromatic rings. The van der Waals surface area contributed by atoms with Gasteiger partial charge >= 0.3 is 11.6 Å². The van der Waals surface area contributed by atoms with Gasteiger partial charge in [-0.2, -0.15) is 0 Å². The van der Waals surface area contributed by atoms with Gasteiger partial charge < -0.3 is 13.9 Å². The SMILES string of the molecule is Cc1cc2oc(=O)cc(COC(=O)c3ccc(COc4ccccc4)cc3)c2cc1C. The van der Waals surface area contributed by atoms with Crippen molar-refractivity contribution >= 4 is 16.9 Å². The van der Waals surface area contributed by atoms with Crippen molar-refractivity contribution in [3.63, 3.8) is 0 Å². The molecule has 0 atom stereocenters. The average molecular weight is 414 g/mol. The van der Waals surface area contributed by atoms with Crippen LogP contribution in [0.3, 0.4) is 0 Å². The topological polar surface area (TPSA) is 65.7 Å². The molecule has 0 saturated carbocycles. The van der Waals surface area contributed by atoms with Crippen LogP contribution in [-0.4, -0.2) is 5.97 Å². The van der Waals surface area contributed by atoms with Gasteiger partial charge in [0, 0.05) is 17.0 Å². The minimum atomic E-state index is -0.468. The number of benzene rings is 3. The smallest absolute Gasteiger partial charge is 0.338 e.